The van der Waals surface area contributed by atoms with Gasteiger partial charge in [0.25, 0.3) is 0 Å². The highest BCUT2D eigenvalue weighted by Gasteiger charge is 2.24. The van der Waals surface area contributed by atoms with Crippen LogP contribution in [0.4, 0.5) is 0 Å². The minimum Gasteiger partial charge on any atom is -0.507 e. The van der Waals surface area contributed by atoms with E-state index in [9.17, 15) is 5.11 Å². The molecule has 0 bridgehead atoms. The summed E-state index contributed by atoms with van der Waals surface area (Å²) >= 11 is 0. The van der Waals surface area contributed by atoms with Crippen LogP contribution in [0.2, 0.25) is 0 Å². The molecule has 0 atom stereocenters. The number of nitrogens with one attached hydrogen (secondary N) is 1. The zero-order chi connectivity index (χ0) is 16.3. The third-order valence-corrected chi connectivity index (χ3v) is 3.69. The van der Waals surface area contributed by atoms with Crippen LogP contribution in [0.3, 0.4) is 0 Å². The number of rotatable bonds is 5. The maximum Gasteiger partial charge on any atom is 0.123 e. The van der Waals surface area contributed by atoms with E-state index in [1.54, 1.807) is 0 Å². The predicted octanol–water partition coefficient (Wildman–Crippen LogP) is 3.46. The van der Waals surface area contributed by atoms with Gasteiger partial charge in [-0.1, -0.05) is 53.7 Å². The Morgan fingerprint density at radius 1 is 1.00 bits per heavy atom. The molecule has 0 aliphatic heterocycles. The van der Waals surface area contributed by atoms with Gasteiger partial charge in [0.05, 0.1) is 0 Å². The summed E-state index contributed by atoms with van der Waals surface area (Å²) in [6, 6.07) is 4.23. The van der Waals surface area contributed by atoms with E-state index >= 15 is 0 Å². The molecule has 0 aliphatic carbocycles. The fourth-order valence-electron chi connectivity index (χ4n) is 2.26. The summed E-state index contributed by atoms with van der Waals surface area (Å²) in [6.45, 7) is 14.5. The molecule has 0 aliphatic rings. The van der Waals surface area contributed by atoms with Crippen molar-refractivity contribution in [2.75, 3.05) is 13.2 Å². The van der Waals surface area contributed by atoms with Crippen molar-refractivity contribution in [3.8, 4) is 5.75 Å². The molecule has 0 fully saturated rings. The second kappa shape index (κ2) is 6.80. The van der Waals surface area contributed by atoms with Gasteiger partial charge in [-0.3, -0.25) is 0 Å². The summed E-state index contributed by atoms with van der Waals surface area (Å²) in [5.74, 6) is 0.395. The fraction of sp³-hybridized carbons (Fsp3) is 0.667. The number of hydrogen-bond donors (Lipinski definition) is 3. The number of aliphatic hydroxyl groups excluding tert-OH is 1. The molecule has 0 spiro atoms. The highest BCUT2D eigenvalue weighted by atomic mass is 16.3. The number of hydrogen-bond acceptors (Lipinski definition) is 3. The van der Waals surface area contributed by atoms with E-state index in [4.69, 9.17) is 5.11 Å². The Morgan fingerprint density at radius 2 is 1.62 bits per heavy atom. The minimum absolute atomic E-state index is 0.0492. The second-order valence-corrected chi connectivity index (χ2v) is 7.79. The van der Waals surface area contributed by atoms with Crippen LogP contribution in [0.1, 0.15) is 64.7 Å². The smallest absolute Gasteiger partial charge is 0.123 e. The van der Waals surface area contributed by atoms with Crippen LogP contribution in [0, 0.1) is 0 Å². The Balaban J connectivity index is 3.16. The van der Waals surface area contributed by atoms with Gasteiger partial charge in [-0.25, -0.2) is 0 Å². The van der Waals surface area contributed by atoms with Gasteiger partial charge < -0.3 is 15.5 Å². The lowest BCUT2D eigenvalue weighted by Gasteiger charge is -2.27. The summed E-state index contributed by atoms with van der Waals surface area (Å²) in [5, 5.41) is 22.7. The van der Waals surface area contributed by atoms with Gasteiger partial charge in [-0.15, -0.1) is 0 Å². The molecule has 0 heterocycles. The highest BCUT2D eigenvalue weighted by Crippen LogP contribution is 2.37. The van der Waals surface area contributed by atoms with E-state index in [1.807, 2.05) is 0 Å². The molecule has 0 unspecified atom stereocenters. The van der Waals surface area contributed by atoms with Crippen molar-refractivity contribution >= 4 is 0 Å². The lowest BCUT2D eigenvalue weighted by atomic mass is 9.79. The first-order chi connectivity index (χ1) is 9.57. The van der Waals surface area contributed by atoms with Gasteiger partial charge >= 0.3 is 0 Å². The van der Waals surface area contributed by atoms with Gasteiger partial charge in [0.15, 0.2) is 0 Å². The van der Waals surface area contributed by atoms with Crippen LogP contribution in [0.5, 0.6) is 5.75 Å². The lowest BCUT2D eigenvalue weighted by molar-refractivity contribution is 0.286. The Labute approximate surface area is 129 Å². The Kier molecular flexibility index (Phi) is 5.83. The number of benzene rings is 1. The van der Waals surface area contributed by atoms with Crippen LogP contribution in [-0.2, 0) is 17.4 Å². The molecule has 3 nitrogen and oxygen atoms in total. The minimum atomic E-state index is -0.0921. The topological polar surface area (TPSA) is 52.5 Å². The molecule has 0 radical (unpaired) electrons. The monoisotopic (exact) mass is 293 g/mol. The lowest BCUT2D eigenvalue weighted by Crippen LogP contribution is -2.20. The molecule has 0 saturated carbocycles. The van der Waals surface area contributed by atoms with Crippen molar-refractivity contribution in [2.24, 2.45) is 0 Å². The SMILES string of the molecule is CC(C)(C)c1cc(CNCCCO)c(O)c(C(C)(C)C)c1. The Hall–Kier alpha value is -1.06. The molecule has 21 heavy (non-hydrogen) atoms. The quantitative estimate of drug-likeness (QED) is 0.729. The molecule has 1 aromatic carbocycles. The first-order valence-corrected chi connectivity index (χ1v) is 7.76. The number of phenols is 1. The molecular weight excluding hydrogens is 262 g/mol. The normalized spacial score (nSPS) is 12.7. The van der Waals surface area contributed by atoms with Gasteiger partial charge in [0.2, 0.25) is 0 Å². The van der Waals surface area contributed by atoms with Gasteiger partial charge in [-0.2, -0.15) is 0 Å². The molecule has 120 valence electrons. The second-order valence-electron chi connectivity index (χ2n) is 7.79. The third kappa shape index (κ3) is 5.01. The largest absolute Gasteiger partial charge is 0.507 e. The van der Waals surface area contributed by atoms with Crippen molar-refractivity contribution in [3.63, 3.8) is 0 Å². The Bertz CT molecular complexity index is 467. The van der Waals surface area contributed by atoms with Crippen LogP contribution < -0.4 is 5.32 Å². The van der Waals surface area contributed by atoms with E-state index in [2.05, 4.69) is 59.0 Å². The maximum atomic E-state index is 10.6. The summed E-state index contributed by atoms with van der Waals surface area (Å²) in [5.41, 5.74) is 3.13. The van der Waals surface area contributed by atoms with Crippen molar-refractivity contribution in [3.05, 3.63) is 28.8 Å². The maximum absolute atomic E-state index is 10.6. The number of aliphatic hydroxyl groups is 1. The summed E-state index contributed by atoms with van der Waals surface area (Å²) in [7, 11) is 0. The van der Waals surface area contributed by atoms with E-state index < -0.39 is 0 Å². The summed E-state index contributed by atoms with van der Waals surface area (Å²) < 4.78 is 0. The third-order valence-electron chi connectivity index (χ3n) is 3.69. The molecule has 1 aromatic rings. The summed E-state index contributed by atoms with van der Waals surface area (Å²) in [4.78, 5) is 0. The average Bonchev–Trinajstić information content (AvgIpc) is 2.33. The van der Waals surface area contributed by atoms with Crippen molar-refractivity contribution < 1.29 is 10.2 Å². The molecule has 1 rings (SSSR count). The molecule has 0 aromatic heterocycles. The Morgan fingerprint density at radius 3 is 2.10 bits per heavy atom. The highest BCUT2D eigenvalue weighted by molar-refractivity contribution is 5.48. The van der Waals surface area contributed by atoms with Crippen LogP contribution >= 0.6 is 0 Å². The molecular formula is C18H31NO2. The average molecular weight is 293 g/mol. The van der Waals surface area contributed by atoms with Gasteiger partial charge in [-0.05, 0) is 34.9 Å². The van der Waals surface area contributed by atoms with Crippen LogP contribution in [-0.4, -0.2) is 23.4 Å². The summed E-state index contributed by atoms with van der Waals surface area (Å²) in [6.07, 6.45) is 0.728. The van der Waals surface area contributed by atoms with E-state index in [0.717, 1.165) is 24.1 Å². The van der Waals surface area contributed by atoms with Gasteiger partial charge in [0.1, 0.15) is 5.75 Å². The van der Waals surface area contributed by atoms with Crippen LogP contribution in [0.15, 0.2) is 12.1 Å². The zero-order valence-electron chi connectivity index (χ0n) is 14.4. The van der Waals surface area contributed by atoms with Crippen molar-refractivity contribution in [1.82, 2.24) is 5.32 Å². The van der Waals surface area contributed by atoms with Gasteiger partial charge in [0, 0.05) is 18.7 Å². The first-order valence-electron chi connectivity index (χ1n) is 7.76. The zero-order valence-corrected chi connectivity index (χ0v) is 14.4. The number of aromatic hydroxyl groups is 1. The number of phenolic OH excluding ortho intramolecular Hbond substituents is 1. The van der Waals surface area contributed by atoms with Crippen molar-refractivity contribution in [1.29, 1.82) is 0 Å². The predicted molar refractivity (Wildman–Crippen MR) is 88.9 cm³/mol. The van der Waals surface area contributed by atoms with E-state index in [0.29, 0.717) is 12.3 Å². The standard InChI is InChI=1S/C18H31NO2/c1-17(2,3)14-10-13(12-19-8-7-9-20)16(21)15(11-14)18(4,5)6/h10-11,19-21H,7-9,12H2,1-6H3. The van der Waals surface area contributed by atoms with Crippen LogP contribution in [0.25, 0.3) is 0 Å². The first kappa shape index (κ1) is 18.0. The molecule has 3 heteroatoms. The van der Waals surface area contributed by atoms with E-state index in [1.165, 1.54) is 5.56 Å². The molecule has 0 amide bonds. The fourth-order valence-corrected chi connectivity index (χ4v) is 2.26. The van der Waals surface area contributed by atoms with E-state index in [-0.39, 0.29) is 17.4 Å². The molecule has 3 N–H and O–H groups in total. The van der Waals surface area contributed by atoms with Crippen molar-refractivity contribution in [2.45, 2.75) is 65.3 Å². The molecule has 0 saturated heterocycles.